The van der Waals surface area contributed by atoms with Gasteiger partial charge in [-0.05, 0) is 23.9 Å². The fourth-order valence-electron chi connectivity index (χ4n) is 2.03. The van der Waals surface area contributed by atoms with Gasteiger partial charge >= 0.3 is 0 Å². The molecule has 0 unspecified atom stereocenters. The lowest BCUT2D eigenvalue weighted by Crippen LogP contribution is -2.28. The van der Waals surface area contributed by atoms with Gasteiger partial charge in [0.1, 0.15) is 23.0 Å². The number of amides is 2. The molecule has 2 rings (SSSR count). The smallest absolute Gasteiger partial charge is 0.252 e. The largest absolute Gasteiger partial charge is 0.370 e. The number of hydrogen-bond acceptors (Lipinski definition) is 4. The Labute approximate surface area is 150 Å². The number of halogens is 3. The first kappa shape index (κ1) is 19.5. The Kier molecular flexibility index (Phi) is 6.40. The predicted octanol–water partition coefficient (Wildman–Crippen LogP) is 2.64. The van der Waals surface area contributed by atoms with E-state index in [1.807, 2.05) is 0 Å². The van der Waals surface area contributed by atoms with Crippen LogP contribution in [-0.2, 0) is 4.79 Å². The molecular formula is C17H13F3N2O3S. The van der Waals surface area contributed by atoms with E-state index in [4.69, 9.17) is 5.73 Å². The van der Waals surface area contributed by atoms with Gasteiger partial charge in [0.25, 0.3) is 5.91 Å². The maximum absolute atomic E-state index is 13.7. The Morgan fingerprint density at radius 1 is 1.04 bits per heavy atom. The van der Waals surface area contributed by atoms with Crippen LogP contribution in [0.1, 0.15) is 27.1 Å². The predicted molar refractivity (Wildman–Crippen MR) is 89.1 cm³/mol. The van der Waals surface area contributed by atoms with Gasteiger partial charge in [-0.2, -0.15) is 0 Å². The molecule has 2 aromatic carbocycles. The van der Waals surface area contributed by atoms with E-state index >= 15 is 0 Å². The highest BCUT2D eigenvalue weighted by Crippen LogP contribution is 2.29. The van der Waals surface area contributed by atoms with Crippen LogP contribution in [0.25, 0.3) is 0 Å². The van der Waals surface area contributed by atoms with Crippen molar-refractivity contribution in [3.63, 3.8) is 0 Å². The Morgan fingerprint density at radius 2 is 1.65 bits per heavy atom. The Balaban J connectivity index is 2.21. The molecule has 0 aliphatic carbocycles. The van der Waals surface area contributed by atoms with E-state index in [-0.39, 0.29) is 23.4 Å². The minimum atomic E-state index is -1.33. The molecule has 26 heavy (non-hydrogen) atoms. The zero-order valence-corrected chi connectivity index (χ0v) is 14.0. The van der Waals surface area contributed by atoms with Crippen molar-refractivity contribution in [3.8, 4) is 0 Å². The zero-order valence-electron chi connectivity index (χ0n) is 13.2. The van der Waals surface area contributed by atoms with Gasteiger partial charge in [-0.3, -0.25) is 14.4 Å². The lowest BCUT2D eigenvalue weighted by atomic mass is 10.2. The molecule has 0 spiro atoms. The van der Waals surface area contributed by atoms with Crippen LogP contribution < -0.4 is 11.1 Å². The Hall–Kier alpha value is -2.81. The van der Waals surface area contributed by atoms with Crippen molar-refractivity contribution in [2.75, 3.05) is 6.54 Å². The average molecular weight is 382 g/mol. The van der Waals surface area contributed by atoms with Crippen LogP contribution in [0, 0.1) is 17.5 Å². The molecule has 0 bridgehead atoms. The number of hydrogen-bond donors (Lipinski definition) is 2. The monoisotopic (exact) mass is 382 g/mol. The van der Waals surface area contributed by atoms with Crippen molar-refractivity contribution >= 4 is 28.7 Å². The van der Waals surface area contributed by atoms with Crippen LogP contribution >= 0.6 is 11.8 Å². The fraction of sp³-hybridized carbons (Fsp3) is 0.118. The second-order valence-electron chi connectivity index (χ2n) is 5.10. The van der Waals surface area contributed by atoms with Gasteiger partial charge in [0.2, 0.25) is 11.0 Å². The van der Waals surface area contributed by atoms with Crippen LogP contribution in [0.3, 0.4) is 0 Å². The van der Waals surface area contributed by atoms with Crippen molar-refractivity contribution in [2.45, 2.75) is 11.3 Å². The number of benzene rings is 2. The molecule has 0 radical (unpaired) electrons. The maximum atomic E-state index is 13.7. The summed E-state index contributed by atoms with van der Waals surface area (Å²) in [4.78, 5) is 35.2. The van der Waals surface area contributed by atoms with Crippen LogP contribution in [0.2, 0.25) is 0 Å². The second kappa shape index (κ2) is 8.52. The molecule has 136 valence electrons. The fourth-order valence-corrected chi connectivity index (χ4v) is 2.94. The molecule has 2 amide bonds. The molecule has 0 aromatic heterocycles. The topological polar surface area (TPSA) is 89.3 Å². The summed E-state index contributed by atoms with van der Waals surface area (Å²) in [5.74, 6) is -4.98. The highest BCUT2D eigenvalue weighted by Gasteiger charge is 2.22. The quantitative estimate of drug-likeness (QED) is 0.752. The number of carbonyl (C=O) groups is 3. The van der Waals surface area contributed by atoms with Crippen molar-refractivity contribution in [3.05, 3.63) is 65.0 Å². The summed E-state index contributed by atoms with van der Waals surface area (Å²) < 4.78 is 40.4. The summed E-state index contributed by atoms with van der Waals surface area (Å²) in [6.07, 6.45) is -0.0635. The van der Waals surface area contributed by atoms with E-state index in [0.29, 0.717) is 23.9 Å². The number of rotatable bonds is 6. The van der Waals surface area contributed by atoms with Crippen LogP contribution in [0.5, 0.6) is 0 Å². The molecule has 0 saturated carbocycles. The summed E-state index contributed by atoms with van der Waals surface area (Å²) in [7, 11) is 0. The van der Waals surface area contributed by atoms with E-state index in [1.165, 1.54) is 24.3 Å². The molecule has 3 N–H and O–H groups in total. The summed E-state index contributed by atoms with van der Waals surface area (Å²) >= 11 is 0.432. The van der Waals surface area contributed by atoms with E-state index in [1.54, 1.807) is 0 Å². The summed E-state index contributed by atoms with van der Waals surface area (Å²) in [6, 6.07) is 6.71. The third-order valence-corrected chi connectivity index (χ3v) is 4.17. The second-order valence-corrected chi connectivity index (χ2v) is 6.12. The van der Waals surface area contributed by atoms with Gasteiger partial charge < -0.3 is 11.1 Å². The highest BCUT2D eigenvalue weighted by molar-refractivity contribution is 8.14. The minimum Gasteiger partial charge on any atom is -0.370 e. The van der Waals surface area contributed by atoms with E-state index in [2.05, 4.69) is 5.32 Å². The van der Waals surface area contributed by atoms with Crippen molar-refractivity contribution < 1.29 is 27.6 Å². The minimum absolute atomic E-state index is 0.00231. The number of primary amides is 1. The van der Waals surface area contributed by atoms with Crippen molar-refractivity contribution in [2.24, 2.45) is 5.73 Å². The highest BCUT2D eigenvalue weighted by atomic mass is 32.2. The van der Waals surface area contributed by atoms with Crippen LogP contribution in [0.15, 0.2) is 41.3 Å². The standard InChI is InChI=1S/C17H13F3N2O3S/c18-9-7-11(19)15(12(20)8-9)17(25)26-13-4-2-1-3-10(13)16(24)22-6-5-14(21)23/h1-4,7-8H,5-6H2,(H2,21,23)(H,22,24). The molecule has 0 fully saturated rings. The normalized spacial score (nSPS) is 10.4. The molecule has 0 heterocycles. The first-order valence-electron chi connectivity index (χ1n) is 7.32. The van der Waals surface area contributed by atoms with Gasteiger partial charge in [-0.1, -0.05) is 12.1 Å². The summed E-state index contributed by atoms with van der Waals surface area (Å²) in [5, 5.41) is 1.44. The third kappa shape index (κ3) is 4.85. The molecular weight excluding hydrogens is 369 g/mol. The SMILES string of the molecule is NC(=O)CCNC(=O)c1ccccc1SC(=O)c1c(F)cc(F)cc1F. The number of carbonyl (C=O) groups excluding carboxylic acids is 3. The van der Waals surface area contributed by atoms with Crippen molar-refractivity contribution in [1.29, 1.82) is 0 Å². The van der Waals surface area contributed by atoms with Crippen molar-refractivity contribution in [1.82, 2.24) is 5.32 Å². The first-order valence-corrected chi connectivity index (χ1v) is 8.13. The van der Waals surface area contributed by atoms with Gasteiger partial charge in [0, 0.05) is 30.0 Å². The van der Waals surface area contributed by atoms with Gasteiger partial charge in [-0.25, -0.2) is 13.2 Å². The Bertz CT molecular complexity index is 851. The maximum Gasteiger partial charge on any atom is 0.252 e. The lowest BCUT2D eigenvalue weighted by molar-refractivity contribution is -0.117. The number of nitrogens with two attached hydrogens (primary N) is 1. The van der Waals surface area contributed by atoms with E-state index < -0.39 is 39.9 Å². The van der Waals surface area contributed by atoms with Crippen LogP contribution in [0.4, 0.5) is 13.2 Å². The average Bonchev–Trinajstić information content (AvgIpc) is 2.53. The van der Waals surface area contributed by atoms with Gasteiger partial charge in [-0.15, -0.1) is 0 Å². The number of thioether (sulfide) groups is 1. The molecule has 0 saturated heterocycles. The first-order chi connectivity index (χ1) is 12.3. The molecule has 0 atom stereocenters. The third-order valence-electron chi connectivity index (χ3n) is 3.20. The molecule has 0 aliphatic rings. The summed E-state index contributed by atoms with van der Waals surface area (Å²) in [5.41, 5.74) is 4.16. The summed E-state index contributed by atoms with van der Waals surface area (Å²) in [6.45, 7) is 0.00231. The molecule has 5 nitrogen and oxygen atoms in total. The van der Waals surface area contributed by atoms with Crippen LogP contribution in [-0.4, -0.2) is 23.5 Å². The van der Waals surface area contributed by atoms with E-state index in [0.717, 1.165) is 0 Å². The number of nitrogens with one attached hydrogen (secondary N) is 1. The lowest BCUT2D eigenvalue weighted by Gasteiger charge is -2.09. The zero-order chi connectivity index (χ0) is 19.3. The van der Waals surface area contributed by atoms with Gasteiger partial charge in [0.15, 0.2) is 0 Å². The Morgan fingerprint density at radius 3 is 2.27 bits per heavy atom. The van der Waals surface area contributed by atoms with E-state index in [9.17, 15) is 27.6 Å². The van der Waals surface area contributed by atoms with Gasteiger partial charge in [0.05, 0.1) is 5.56 Å². The molecule has 2 aromatic rings. The molecule has 0 aliphatic heterocycles. The molecule has 9 heteroatoms.